The summed E-state index contributed by atoms with van der Waals surface area (Å²) >= 11 is 0. The molecule has 2 heteroatoms. The topological polar surface area (TPSA) is 52.0 Å². The SMILES string of the molecule is C=Cc1c(N)cccc1/C=C(\C)N. The van der Waals surface area contributed by atoms with Gasteiger partial charge in [-0.25, -0.2) is 0 Å². The molecule has 1 aromatic rings. The van der Waals surface area contributed by atoms with Crippen molar-refractivity contribution in [2.75, 3.05) is 5.73 Å². The van der Waals surface area contributed by atoms with Gasteiger partial charge in [0.15, 0.2) is 0 Å². The Hall–Kier alpha value is -1.70. The molecule has 0 spiro atoms. The third-order valence-corrected chi connectivity index (χ3v) is 1.76. The average Bonchev–Trinajstić information content (AvgIpc) is 2.03. The van der Waals surface area contributed by atoms with Gasteiger partial charge >= 0.3 is 0 Å². The predicted octanol–water partition coefficient (Wildman–Crippen LogP) is 2.23. The van der Waals surface area contributed by atoms with E-state index >= 15 is 0 Å². The van der Waals surface area contributed by atoms with E-state index in [0.717, 1.165) is 22.5 Å². The Labute approximate surface area is 78.6 Å². The van der Waals surface area contributed by atoms with Gasteiger partial charge in [0.05, 0.1) is 0 Å². The van der Waals surface area contributed by atoms with Crippen LogP contribution in [0.25, 0.3) is 12.2 Å². The van der Waals surface area contributed by atoms with Crippen LogP contribution in [0.5, 0.6) is 0 Å². The second kappa shape index (κ2) is 3.81. The number of hydrogen-bond acceptors (Lipinski definition) is 2. The molecule has 0 aliphatic rings. The van der Waals surface area contributed by atoms with E-state index in [0.29, 0.717) is 0 Å². The molecule has 0 saturated carbocycles. The molecule has 68 valence electrons. The first-order valence-electron chi connectivity index (χ1n) is 4.10. The van der Waals surface area contributed by atoms with Crippen LogP contribution >= 0.6 is 0 Å². The van der Waals surface area contributed by atoms with Crippen molar-refractivity contribution in [1.29, 1.82) is 0 Å². The summed E-state index contributed by atoms with van der Waals surface area (Å²) in [5, 5.41) is 0. The van der Waals surface area contributed by atoms with Gasteiger partial charge in [-0.15, -0.1) is 0 Å². The van der Waals surface area contributed by atoms with E-state index in [2.05, 4.69) is 6.58 Å². The lowest BCUT2D eigenvalue weighted by molar-refractivity contribution is 1.34. The first-order valence-corrected chi connectivity index (χ1v) is 4.10. The molecule has 0 aromatic heterocycles. The molecule has 0 aliphatic heterocycles. The Morgan fingerprint density at radius 2 is 2.15 bits per heavy atom. The summed E-state index contributed by atoms with van der Waals surface area (Å²) in [4.78, 5) is 0. The van der Waals surface area contributed by atoms with E-state index < -0.39 is 0 Å². The van der Waals surface area contributed by atoms with Crippen molar-refractivity contribution >= 4 is 17.8 Å². The molecule has 0 radical (unpaired) electrons. The van der Waals surface area contributed by atoms with Crippen molar-refractivity contribution in [2.24, 2.45) is 5.73 Å². The summed E-state index contributed by atoms with van der Waals surface area (Å²) in [6.45, 7) is 5.55. The van der Waals surface area contributed by atoms with Gasteiger partial charge < -0.3 is 11.5 Å². The van der Waals surface area contributed by atoms with E-state index in [9.17, 15) is 0 Å². The van der Waals surface area contributed by atoms with E-state index in [1.807, 2.05) is 31.2 Å². The minimum absolute atomic E-state index is 0.727. The average molecular weight is 174 g/mol. The molecule has 0 heterocycles. The summed E-state index contributed by atoms with van der Waals surface area (Å²) in [5.74, 6) is 0. The Morgan fingerprint density at radius 3 is 2.69 bits per heavy atom. The van der Waals surface area contributed by atoms with Gasteiger partial charge in [-0.2, -0.15) is 0 Å². The molecule has 0 saturated heterocycles. The maximum atomic E-state index is 5.77. The molecule has 13 heavy (non-hydrogen) atoms. The zero-order valence-corrected chi connectivity index (χ0v) is 7.75. The Kier molecular flexibility index (Phi) is 2.75. The highest BCUT2D eigenvalue weighted by molar-refractivity contribution is 5.74. The molecule has 0 amide bonds. The second-order valence-electron chi connectivity index (χ2n) is 2.94. The summed E-state index contributed by atoms with van der Waals surface area (Å²) < 4.78 is 0. The summed E-state index contributed by atoms with van der Waals surface area (Å²) in [7, 11) is 0. The number of allylic oxidation sites excluding steroid dienone is 1. The van der Waals surface area contributed by atoms with Crippen LogP contribution in [-0.4, -0.2) is 0 Å². The molecule has 0 bridgehead atoms. The van der Waals surface area contributed by atoms with Crippen LogP contribution in [0.1, 0.15) is 18.1 Å². The van der Waals surface area contributed by atoms with Crippen LogP contribution in [-0.2, 0) is 0 Å². The van der Waals surface area contributed by atoms with Crippen LogP contribution in [0.3, 0.4) is 0 Å². The van der Waals surface area contributed by atoms with Crippen molar-refractivity contribution in [3.05, 3.63) is 41.6 Å². The smallest absolute Gasteiger partial charge is 0.0393 e. The predicted molar refractivity (Wildman–Crippen MR) is 58.8 cm³/mol. The molecule has 0 unspecified atom stereocenters. The standard InChI is InChI=1S/C11H14N2/c1-3-10-9(7-8(2)12)5-4-6-11(10)13/h3-7H,1,12-13H2,2H3/b8-7+. The zero-order valence-electron chi connectivity index (χ0n) is 7.75. The zero-order chi connectivity index (χ0) is 9.84. The molecule has 2 nitrogen and oxygen atoms in total. The molecular weight excluding hydrogens is 160 g/mol. The highest BCUT2D eigenvalue weighted by Gasteiger charge is 1.99. The third kappa shape index (κ3) is 2.12. The van der Waals surface area contributed by atoms with E-state index in [-0.39, 0.29) is 0 Å². The van der Waals surface area contributed by atoms with Crippen molar-refractivity contribution in [3.63, 3.8) is 0 Å². The summed E-state index contributed by atoms with van der Waals surface area (Å²) in [5.41, 5.74) is 14.8. The largest absolute Gasteiger partial charge is 0.402 e. The minimum atomic E-state index is 0.727. The maximum Gasteiger partial charge on any atom is 0.0393 e. The molecular formula is C11H14N2. The monoisotopic (exact) mass is 174 g/mol. The van der Waals surface area contributed by atoms with Gasteiger partial charge in [-0.1, -0.05) is 24.8 Å². The van der Waals surface area contributed by atoms with Crippen LogP contribution in [0.4, 0.5) is 5.69 Å². The first kappa shape index (κ1) is 9.39. The highest BCUT2D eigenvalue weighted by atomic mass is 14.6. The molecule has 0 atom stereocenters. The van der Waals surface area contributed by atoms with Crippen LogP contribution < -0.4 is 11.5 Å². The number of benzene rings is 1. The van der Waals surface area contributed by atoms with Gasteiger partial charge in [0.1, 0.15) is 0 Å². The van der Waals surface area contributed by atoms with Gasteiger partial charge in [0.2, 0.25) is 0 Å². The van der Waals surface area contributed by atoms with E-state index in [1.54, 1.807) is 6.08 Å². The number of rotatable bonds is 2. The molecule has 1 rings (SSSR count). The summed E-state index contributed by atoms with van der Waals surface area (Å²) in [6, 6.07) is 5.71. The minimum Gasteiger partial charge on any atom is -0.402 e. The fourth-order valence-corrected chi connectivity index (χ4v) is 1.21. The maximum absolute atomic E-state index is 5.77. The van der Waals surface area contributed by atoms with Crippen molar-refractivity contribution < 1.29 is 0 Å². The fourth-order valence-electron chi connectivity index (χ4n) is 1.21. The second-order valence-corrected chi connectivity index (χ2v) is 2.94. The van der Waals surface area contributed by atoms with E-state index in [4.69, 9.17) is 11.5 Å². The lowest BCUT2D eigenvalue weighted by Crippen LogP contribution is -1.94. The van der Waals surface area contributed by atoms with Crippen LogP contribution in [0.2, 0.25) is 0 Å². The normalized spacial score (nSPS) is 11.3. The quantitative estimate of drug-likeness (QED) is 0.675. The van der Waals surface area contributed by atoms with Gasteiger partial charge in [-0.3, -0.25) is 0 Å². The Bertz CT molecular complexity index is 347. The Morgan fingerprint density at radius 1 is 1.46 bits per heavy atom. The van der Waals surface area contributed by atoms with Crippen LogP contribution in [0, 0.1) is 0 Å². The Balaban J connectivity index is 3.28. The number of anilines is 1. The highest BCUT2D eigenvalue weighted by Crippen LogP contribution is 2.19. The number of hydrogen-bond donors (Lipinski definition) is 2. The van der Waals surface area contributed by atoms with Crippen molar-refractivity contribution in [1.82, 2.24) is 0 Å². The fraction of sp³-hybridized carbons (Fsp3) is 0.0909. The van der Waals surface area contributed by atoms with Crippen molar-refractivity contribution in [3.8, 4) is 0 Å². The first-order chi connectivity index (χ1) is 6.15. The third-order valence-electron chi connectivity index (χ3n) is 1.76. The lowest BCUT2D eigenvalue weighted by atomic mass is 10.0. The van der Waals surface area contributed by atoms with Gasteiger partial charge in [-0.05, 0) is 24.6 Å². The molecule has 0 fully saturated rings. The number of nitrogens with two attached hydrogens (primary N) is 2. The molecule has 1 aromatic carbocycles. The van der Waals surface area contributed by atoms with Gasteiger partial charge in [0.25, 0.3) is 0 Å². The molecule has 4 N–H and O–H groups in total. The van der Waals surface area contributed by atoms with Crippen LogP contribution in [0.15, 0.2) is 30.5 Å². The number of nitrogen functional groups attached to an aromatic ring is 1. The lowest BCUT2D eigenvalue weighted by Gasteiger charge is -2.04. The van der Waals surface area contributed by atoms with Crippen molar-refractivity contribution in [2.45, 2.75) is 6.92 Å². The molecule has 0 aliphatic carbocycles. The van der Waals surface area contributed by atoms with E-state index in [1.165, 1.54) is 0 Å². The van der Waals surface area contributed by atoms with Gasteiger partial charge in [0, 0.05) is 16.9 Å². The summed E-state index contributed by atoms with van der Waals surface area (Å²) in [6.07, 6.45) is 3.62.